The van der Waals surface area contributed by atoms with Crippen LogP contribution in [0.3, 0.4) is 0 Å². The first-order valence-electron chi connectivity index (χ1n) is 9.77. The summed E-state index contributed by atoms with van der Waals surface area (Å²) in [6, 6.07) is 4.04. The van der Waals surface area contributed by atoms with Gasteiger partial charge in [-0.3, -0.25) is 34.3 Å². The summed E-state index contributed by atoms with van der Waals surface area (Å²) < 4.78 is 14.0. The number of benzene rings is 1. The van der Waals surface area contributed by atoms with E-state index in [4.69, 9.17) is 0 Å². The fraction of sp³-hybridized carbons (Fsp3) is 0.500. The first-order valence-corrected chi connectivity index (χ1v) is 9.77. The van der Waals surface area contributed by atoms with Gasteiger partial charge in [0.05, 0.1) is 11.1 Å². The molecular weight excluding hydrogens is 379 g/mol. The predicted octanol–water partition coefficient (Wildman–Crippen LogP) is 0.220. The fourth-order valence-corrected chi connectivity index (χ4v) is 4.50. The molecule has 154 valence electrons. The lowest BCUT2D eigenvalue weighted by Gasteiger charge is -2.28. The fourth-order valence-electron chi connectivity index (χ4n) is 4.50. The van der Waals surface area contributed by atoms with Crippen molar-refractivity contribution in [3.8, 4) is 0 Å². The lowest BCUT2D eigenvalue weighted by Crippen LogP contribution is -2.54. The van der Waals surface area contributed by atoms with E-state index < -0.39 is 35.8 Å². The molecule has 2 fully saturated rings. The van der Waals surface area contributed by atoms with Gasteiger partial charge < -0.3 is 5.32 Å². The van der Waals surface area contributed by atoms with Gasteiger partial charge in [0, 0.05) is 32.1 Å². The third-order valence-corrected chi connectivity index (χ3v) is 5.84. The number of amides is 4. The number of nitrogens with zero attached hydrogens (tertiary/aromatic N) is 2. The second-order valence-corrected chi connectivity index (χ2v) is 7.76. The van der Waals surface area contributed by atoms with Crippen LogP contribution < -0.4 is 10.6 Å². The summed E-state index contributed by atoms with van der Waals surface area (Å²) in [5, 5.41) is 5.25. The number of fused-ring (bicyclic) bond motifs is 1. The molecule has 3 aliphatic rings. The maximum Gasteiger partial charge on any atom is 0.262 e. The highest BCUT2D eigenvalue weighted by molar-refractivity contribution is 6.24. The number of likely N-dealkylation sites (N-methyl/N-ethyl adjacent to an activating group) is 1. The van der Waals surface area contributed by atoms with Crippen LogP contribution in [0.5, 0.6) is 0 Å². The summed E-state index contributed by atoms with van der Waals surface area (Å²) in [4.78, 5) is 52.6. The number of hydrogen-bond donors (Lipinski definition) is 2. The average Bonchev–Trinajstić information content (AvgIpc) is 3.14. The van der Waals surface area contributed by atoms with Crippen LogP contribution in [0.25, 0.3) is 0 Å². The molecule has 2 N–H and O–H groups in total. The van der Waals surface area contributed by atoms with Gasteiger partial charge in [-0.05, 0) is 31.5 Å². The van der Waals surface area contributed by atoms with Gasteiger partial charge in [-0.15, -0.1) is 0 Å². The molecule has 29 heavy (non-hydrogen) atoms. The molecule has 1 aromatic carbocycles. The van der Waals surface area contributed by atoms with Gasteiger partial charge in [0.25, 0.3) is 11.8 Å². The van der Waals surface area contributed by atoms with Crippen molar-refractivity contribution in [1.82, 2.24) is 20.4 Å². The average molecular weight is 402 g/mol. The van der Waals surface area contributed by atoms with E-state index in [1.165, 1.54) is 0 Å². The molecule has 9 heteroatoms. The monoisotopic (exact) mass is 402 g/mol. The number of nitrogens with one attached hydrogen (secondary N) is 2. The number of imide groups is 2. The van der Waals surface area contributed by atoms with Crippen LogP contribution in [-0.2, 0) is 16.1 Å². The Hall–Kier alpha value is -2.65. The zero-order valence-corrected chi connectivity index (χ0v) is 16.1. The van der Waals surface area contributed by atoms with E-state index in [1.54, 1.807) is 18.2 Å². The summed E-state index contributed by atoms with van der Waals surface area (Å²) in [7, 11) is 1.81. The van der Waals surface area contributed by atoms with Crippen LogP contribution in [0, 0.1) is 0 Å². The molecular formula is C20H23FN4O4. The summed E-state index contributed by atoms with van der Waals surface area (Å²) in [5.41, 5.74) is 1.16. The molecule has 3 atom stereocenters. The van der Waals surface area contributed by atoms with Gasteiger partial charge in [-0.1, -0.05) is 12.1 Å². The zero-order valence-electron chi connectivity index (χ0n) is 16.1. The molecule has 8 nitrogen and oxygen atoms in total. The van der Waals surface area contributed by atoms with Gasteiger partial charge >= 0.3 is 0 Å². The molecule has 1 unspecified atom stereocenters. The second kappa shape index (κ2) is 7.64. The van der Waals surface area contributed by atoms with Crippen LogP contribution in [0.4, 0.5) is 4.39 Å². The van der Waals surface area contributed by atoms with Crippen molar-refractivity contribution in [3.05, 3.63) is 34.9 Å². The Morgan fingerprint density at radius 1 is 1.21 bits per heavy atom. The summed E-state index contributed by atoms with van der Waals surface area (Å²) in [6.07, 6.45) is -0.313. The number of carbonyl (C=O) groups excluding carboxylic acids is 4. The topological polar surface area (TPSA) is 98.8 Å². The van der Waals surface area contributed by atoms with E-state index in [-0.39, 0.29) is 36.6 Å². The SMILES string of the molecule is CNC[C@@H]1C[C@H](F)CN1Cc1cccc2c1C(=O)N(C1CCC(=O)NC1=O)C2=O. The van der Waals surface area contributed by atoms with Crippen LogP contribution in [0.2, 0.25) is 0 Å². The van der Waals surface area contributed by atoms with E-state index in [1.807, 2.05) is 11.9 Å². The van der Waals surface area contributed by atoms with Crippen molar-refractivity contribution in [2.45, 2.75) is 44.1 Å². The summed E-state index contributed by atoms with van der Waals surface area (Å²) in [5.74, 6) is -2.10. The Labute approximate surface area is 167 Å². The molecule has 4 amide bonds. The Bertz CT molecular complexity index is 889. The van der Waals surface area contributed by atoms with Crippen molar-refractivity contribution in [2.24, 2.45) is 0 Å². The van der Waals surface area contributed by atoms with Gasteiger partial charge in [0.15, 0.2) is 0 Å². The first kappa shape index (κ1) is 19.7. The third kappa shape index (κ3) is 3.44. The molecule has 0 radical (unpaired) electrons. The maximum atomic E-state index is 14.0. The molecule has 1 aromatic rings. The number of halogens is 1. The van der Waals surface area contributed by atoms with Crippen molar-refractivity contribution < 1.29 is 23.6 Å². The quantitative estimate of drug-likeness (QED) is 0.684. The van der Waals surface area contributed by atoms with Crippen molar-refractivity contribution >= 4 is 23.6 Å². The Morgan fingerprint density at radius 3 is 2.72 bits per heavy atom. The first-order chi connectivity index (χ1) is 13.9. The van der Waals surface area contributed by atoms with Crippen LogP contribution >= 0.6 is 0 Å². The normalized spacial score (nSPS) is 27.5. The van der Waals surface area contributed by atoms with Gasteiger partial charge in [0.1, 0.15) is 12.2 Å². The van der Waals surface area contributed by atoms with Crippen LogP contribution in [-0.4, -0.2) is 71.8 Å². The molecule has 0 aromatic heterocycles. The molecule has 3 heterocycles. The van der Waals surface area contributed by atoms with E-state index in [0.717, 1.165) is 4.90 Å². The summed E-state index contributed by atoms with van der Waals surface area (Å²) >= 11 is 0. The molecule has 0 aliphatic carbocycles. The van der Waals surface area contributed by atoms with Crippen molar-refractivity contribution in [2.75, 3.05) is 20.1 Å². The Balaban J connectivity index is 1.61. The zero-order chi connectivity index (χ0) is 20.7. The van der Waals surface area contributed by atoms with Crippen molar-refractivity contribution in [3.63, 3.8) is 0 Å². The maximum absolute atomic E-state index is 14.0. The van der Waals surface area contributed by atoms with E-state index in [0.29, 0.717) is 25.1 Å². The minimum atomic E-state index is -0.994. The number of likely N-dealkylation sites (tertiary alicyclic amines) is 1. The number of hydrogen-bond acceptors (Lipinski definition) is 6. The lowest BCUT2D eigenvalue weighted by atomic mass is 10.0. The summed E-state index contributed by atoms with van der Waals surface area (Å²) in [6.45, 7) is 1.25. The number of alkyl halides is 1. The largest absolute Gasteiger partial charge is 0.318 e. The lowest BCUT2D eigenvalue weighted by molar-refractivity contribution is -0.136. The van der Waals surface area contributed by atoms with Gasteiger partial charge in [-0.25, -0.2) is 4.39 Å². The minimum Gasteiger partial charge on any atom is -0.318 e. The van der Waals surface area contributed by atoms with Crippen LogP contribution in [0.15, 0.2) is 18.2 Å². The molecule has 3 aliphatic heterocycles. The highest BCUT2D eigenvalue weighted by Gasteiger charge is 2.45. The van der Waals surface area contributed by atoms with Crippen LogP contribution in [0.1, 0.15) is 45.5 Å². The van der Waals surface area contributed by atoms with E-state index in [9.17, 15) is 23.6 Å². The number of piperidine rings is 1. The molecule has 0 bridgehead atoms. The molecule has 0 spiro atoms. The van der Waals surface area contributed by atoms with E-state index >= 15 is 0 Å². The van der Waals surface area contributed by atoms with Crippen molar-refractivity contribution in [1.29, 1.82) is 0 Å². The van der Waals surface area contributed by atoms with Gasteiger partial charge in [-0.2, -0.15) is 0 Å². The van der Waals surface area contributed by atoms with Gasteiger partial charge in [0.2, 0.25) is 11.8 Å². The standard InChI is InChI=1S/C20H23FN4O4/c1-22-8-13-7-12(21)10-24(13)9-11-3-2-4-14-17(11)20(29)25(19(14)28)15-5-6-16(26)23-18(15)27/h2-4,12-13,15,22H,5-10H2,1H3,(H,23,26,27)/t12-,13-,15?/m0/s1. The minimum absolute atomic E-state index is 0.00398. The van der Waals surface area contributed by atoms with E-state index in [2.05, 4.69) is 10.6 Å². The molecule has 4 rings (SSSR count). The highest BCUT2D eigenvalue weighted by atomic mass is 19.1. The predicted molar refractivity (Wildman–Crippen MR) is 101 cm³/mol. The number of carbonyl (C=O) groups is 4. The molecule has 0 saturated carbocycles. The third-order valence-electron chi connectivity index (χ3n) is 5.84. The molecule has 2 saturated heterocycles. The number of rotatable bonds is 5. The smallest absolute Gasteiger partial charge is 0.262 e. The Kier molecular flexibility index (Phi) is 5.18. The Morgan fingerprint density at radius 2 is 2.00 bits per heavy atom. The second-order valence-electron chi connectivity index (χ2n) is 7.76. The highest BCUT2D eigenvalue weighted by Crippen LogP contribution is 2.32.